The van der Waals surface area contributed by atoms with E-state index in [-0.39, 0.29) is 6.61 Å². The molecule has 128 valence electrons. The summed E-state index contributed by atoms with van der Waals surface area (Å²) in [5, 5.41) is 30.1. The van der Waals surface area contributed by atoms with Gasteiger partial charge in [0.25, 0.3) is 0 Å². The van der Waals surface area contributed by atoms with Gasteiger partial charge in [-0.05, 0) is 6.42 Å². The maximum atomic E-state index is 11.2. The second-order valence-electron chi connectivity index (χ2n) is 5.09. The molecule has 0 saturated heterocycles. The van der Waals surface area contributed by atoms with Gasteiger partial charge in [0, 0.05) is 13.5 Å². The number of aliphatic hydroxyl groups excluding tert-OH is 1. The molecule has 0 heterocycles. The zero-order valence-electron chi connectivity index (χ0n) is 12.9. The summed E-state index contributed by atoms with van der Waals surface area (Å²) in [6, 6.07) is -1.69. The molecule has 0 aliphatic heterocycles. The molecule has 0 bridgehead atoms. The standard InChI is InChI=1S/C14H25NO7/c1-3-4-5-6-7-22-8-10(13(18)19)12(17)11(14(20)21)15-9(2)16/h10-12,17H,3-8H2,1-2H3,(H,15,16)(H,18,19)(H,20,21). The van der Waals surface area contributed by atoms with Gasteiger partial charge in [0.15, 0.2) is 6.04 Å². The fourth-order valence-corrected chi connectivity index (χ4v) is 1.90. The largest absolute Gasteiger partial charge is 0.481 e. The first-order valence-electron chi connectivity index (χ1n) is 7.29. The SMILES string of the molecule is CCCCCCOCC(C(=O)O)C(O)C(NC(C)=O)C(=O)O. The number of rotatable bonds is 12. The van der Waals surface area contributed by atoms with E-state index in [2.05, 4.69) is 6.92 Å². The summed E-state index contributed by atoms with van der Waals surface area (Å²) < 4.78 is 5.21. The predicted molar refractivity (Wildman–Crippen MR) is 77.3 cm³/mol. The highest BCUT2D eigenvalue weighted by Crippen LogP contribution is 2.11. The quantitative estimate of drug-likeness (QED) is 0.378. The Balaban J connectivity index is 4.54. The Hall–Kier alpha value is -1.67. The Morgan fingerprint density at radius 3 is 2.18 bits per heavy atom. The maximum Gasteiger partial charge on any atom is 0.328 e. The van der Waals surface area contributed by atoms with Gasteiger partial charge in [-0.1, -0.05) is 26.2 Å². The Kier molecular flexibility index (Phi) is 10.1. The number of hydrogen-bond donors (Lipinski definition) is 4. The molecule has 0 aliphatic carbocycles. The van der Waals surface area contributed by atoms with Crippen LogP contribution in [0.1, 0.15) is 39.5 Å². The van der Waals surface area contributed by atoms with E-state index < -0.39 is 35.9 Å². The lowest BCUT2D eigenvalue weighted by Crippen LogP contribution is -2.53. The molecule has 0 aromatic rings. The number of nitrogens with one attached hydrogen (secondary N) is 1. The molecule has 4 N–H and O–H groups in total. The minimum Gasteiger partial charge on any atom is -0.481 e. The summed E-state index contributed by atoms with van der Waals surface area (Å²) >= 11 is 0. The summed E-state index contributed by atoms with van der Waals surface area (Å²) in [5.41, 5.74) is 0. The van der Waals surface area contributed by atoms with Gasteiger partial charge >= 0.3 is 11.9 Å². The van der Waals surface area contributed by atoms with Gasteiger partial charge in [0.1, 0.15) is 12.0 Å². The minimum atomic E-state index is -1.78. The highest BCUT2D eigenvalue weighted by Gasteiger charge is 2.37. The number of carbonyl (C=O) groups excluding carboxylic acids is 1. The van der Waals surface area contributed by atoms with Crippen molar-refractivity contribution in [3.63, 3.8) is 0 Å². The topological polar surface area (TPSA) is 133 Å². The first-order chi connectivity index (χ1) is 10.3. The van der Waals surface area contributed by atoms with E-state index >= 15 is 0 Å². The van der Waals surface area contributed by atoms with Crippen LogP contribution in [0.2, 0.25) is 0 Å². The predicted octanol–water partition coefficient (Wildman–Crippen LogP) is 0.234. The van der Waals surface area contributed by atoms with Crippen LogP contribution in [0.3, 0.4) is 0 Å². The molecule has 0 fully saturated rings. The van der Waals surface area contributed by atoms with Crippen molar-refractivity contribution in [2.24, 2.45) is 5.92 Å². The fourth-order valence-electron chi connectivity index (χ4n) is 1.90. The van der Waals surface area contributed by atoms with Gasteiger partial charge in [0.2, 0.25) is 5.91 Å². The van der Waals surface area contributed by atoms with E-state index in [1.54, 1.807) is 0 Å². The molecule has 8 nitrogen and oxygen atoms in total. The maximum absolute atomic E-state index is 11.2. The van der Waals surface area contributed by atoms with Crippen molar-refractivity contribution in [3.8, 4) is 0 Å². The van der Waals surface area contributed by atoms with E-state index in [1.807, 2.05) is 5.32 Å². The molecule has 0 aromatic carbocycles. The van der Waals surface area contributed by atoms with E-state index in [0.29, 0.717) is 6.61 Å². The Morgan fingerprint density at radius 2 is 1.73 bits per heavy atom. The van der Waals surface area contributed by atoms with Crippen molar-refractivity contribution >= 4 is 17.8 Å². The zero-order chi connectivity index (χ0) is 17.1. The molecule has 0 aliphatic rings. The van der Waals surface area contributed by atoms with Crippen LogP contribution in [0.25, 0.3) is 0 Å². The Bertz CT molecular complexity index is 372. The first-order valence-corrected chi connectivity index (χ1v) is 7.29. The molecule has 0 saturated carbocycles. The highest BCUT2D eigenvalue weighted by atomic mass is 16.5. The Morgan fingerprint density at radius 1 is 1.09 bits per heavy atom. The lowest BCUT2D eigenvalue weighted by Gasteiger charge is -2.25. The lowest BCUT2D eigenvalue weighted by molar-refractivity contribution is -0.155. The molecule has 22 heavy (non-hydrogen) atoms. The van der Waals surface area contributed by atoms with E-state index in [9.17, 15) is 19.5 Å². The minimum absolute atomic E-state index is 0.314. The lowest BCUT2D eigenvalue weighted by atomic mass is 9.96. The molecule has 0 aromatic heterocycles. The molecular formula is C14H25NO7. The van der Waals surface area contributed by atoms with Crippen LogP contribution in [0.5, 0.6) is 0 Å². The first kappa shape index (κ1) is 20.3. The molecular weight excluding hydrogens is 294 g/mol. The number of amides is 1. The van der Waals surface area contributed by atoms with Crippen molar-refractivity contribution in [1.82, 2.24) is 5.32 Å². The van der Waals surface area contributed by atoms with Crippen molar-refractivity contribution in [3.05, 3.63) is 0 Å². The summed E-state index contributed by atoms with van der Waals surface area (Å²) in [7, 11) is 0. The van der Waals surface area contributed by atoms with Gasteiger partial charge in [-0.25, -0.2) is 4.79 Å². The van der Waals surface area contributed by atoms with E-state index in [0.717, 1.165) is 32.6 Å². The average molecular weight is 319 g/mol. The summed E-state index contributed by atoms with van der Waals surface area (Å²) in [5.74, 6) is -4.98. The molecule has 0 spiro atoms. The second-order valence-corrected chi connectivity index (χ2v) is 5.09. The van der Waals surface area contributed by atoms with Crippen LogP contribution in [-0.2, 0) is 19.1 Å². The molecule has 8 heteroatoms. The normalized spacial score (nSPS) is 14.9. The number of ether oxygens (including phenoxy) is 1. The molecule has 0 rings (SSSR count). The summed E-state index contributed by atoms with van der Waals surface area (Å²) in [6.45, 7) is 3.18. The molecule has 1 amide bonds. The van der Waals surface area contributed by atoms with Crippen LogP contribution < -0.4 is 5.32 Å². The van der Waals surface area contributed by atoms with E-state index in [1.165, 1.54) is 0 Å². The van der Waals surface area contributed by atoms with E-state index in [4.69, 9.17) is 14.9 Å². The van der Waals surface area contributed by atoms with Crippen molar-refractivity contribution in [2.75, 3.05) is 13.2 Å². The van der Waals surface area contributed by atoms with Crippen molar-refractivity contribution in [2.45, 2.75) is 51.7 Å². The number of carbonyl (C=O) groups is 3. The smallest absolute Gasteiger partial charge is 0.328 e. The van der Waals surface area contributed by atoms with Gasteiger partial charge in [-0.15, -0.1) is 0 Å². The van der Waals surface area contributed by atoms with Crippen LogP contribution in [0, 0.1) is 5.92 Å². The average Bonchev–Trinajstić information content (AvgIpc) is 2.42. The summed E-state index contributed by atoms with van der Waals surface area (Å²) in [6.07, 6.45) is 2.06. The number of aliphatic hydroxyl groups is 1. The summed E-state index contributed by atoms with van der Waals surface area (Å²) in [4.78, 5) is 33.2. The second kappa shape index (κ2) is 11.0. The van der Waals surface area contributed by atoms with Crippen LogP contribution in [0.4, 0.5) is 0 Å². The third-order valence-corrected chi connectivity index (χ3v) is 3.14. The van der Waals surface area contributed by atoms with Gasteiger partial charge in [-0.2, -0.15) is 0 Å². The van der Waals surface area contributed by atoms with Crippen LogP contribution in [-0.4, -0.2) is 58.5 Å². The van der Waals surface area contributed by atoms with Gasteiger partial charge in [-0.3, -0.25) is 9.59 Å². The Labute approximate surface area is 129 Å². The number of carboxylic acid groups (broad SMARTS) is 2. The third-order valence-electron chi connectivity index (χ3n) is 3.14. The van der Waals surface area contributed by atoms with Gasteiger partial charge in [0.05, 0.1) is 6.61 Å². The number of hydrogen-bond acceptors (Lipinski definition) is 5. The van der Waals surface area contributed by atoms with Crippen LogP contribution >= 0.6 is 0 Å². The number of aliphatic carboxylic acids is 2. The van der Waals surface area contributed by atoms with Crippen molar-refractivity contribution < 1.29 is 34.4 Å². The molecule has 3 unspecified atom stereocenters. The molecule has 0 radical (unpaired) electrons. The highest BCUT2D eigenvalue weighted by molar-refractivity contribution is 5.83. The zero-order valence-corrected chi connectivity index (χ0v) is 12.9. The number of carboxylic acids is 2. The fraction of sp³-hybridized carbons (Fsp3) is 0.786. The monoisotopic (exact) mass is 319 g/mol. The third kappa shape index (κ3) is 7.94. The number of unbranched alkanes of at least 4 members (excludes halogenated alkanes) is 3. The van der Waals surface area contributed by atoms with Gasteiger partial charge < -0.3 is 25.4 Å². The van der Waals surface area contributed by atoms with Crippen molar-refractivity contribution in [1.29, 1.82) is 0 Å². The van der Waals surface area contributed by atoms with Crippen LogP contribution in [0.15, 0.2) is 0 Å². The molecule has 3 atom stereocenters.